The largest absolute Gasteiger partial charge is 0.297 e. The molecule has 0 amide bonds. The average molecular weight is 540 g/mol. The third-order valence-electron chi connectivity index (χ3n) is 7.69. The van der Waals surface area contributed by atoms with Crippen molar-refractivity contribution in [1.29, 1.82) is 0 Å². The van der Waals surface area contributed by atoms with Gasteiger partial charge in [-0.2, -0.15) is 0 Å². The summed E-state index contributed by atoms with van der Waals surface area (Å²) in [5.74, 6) is 0.923. The Balaban J connectivity index is 1.22. The third kappa shape index (κ3) is 4.07. The average Bonchev–Trinajstić information content (AvgIpc) is 3.68. The van der Waals surface area contributed by atoms with Crippen molar-refractivity contribution in [3.8, 4) is 45.1 Å². The van der Waals surface area contributed by atoms with Gasteiger partial charge in [-0.1, -0.05) is 91.0 Å². The summed E-state index contributed by atoms with van der Waals surface area (Å²) >= 11 is 0. The van der Waals surface area contributed by atoms with Crippen LogP contribution in [-0.4, -0.2) is 24.1 Å². The fourth-order valence-electron chi connectivity index (χ4n) is 5.69. The topological polar surface area (TPSA) is 48.5 Å². The summed E-state index contributed by atoms with van der Waals surface area (Å²) in [6.07, 6.45) is 3.77. The molecule has 8 rings (SSSR count). The molecule has 0 atom stereocenters. The number of aromatic nitrogens is 5. The Bertz CT molecular complexity index is 2190. The number of fused-ring (bicyclic) bond motifs is 2. The molecule has 5 nitrogen and oxygen atoms in total. The van der Waals surface area contributed by atoms with Crippen LogP contribution >= 0.6 is 0 Å². The zero-order valence-electron chi connectivity index (χ0n) is 22.7. The van der Waals surface area contributed by atoms with Crippen molar-refractivity contribution < 1.29 is 0 Å². The van der Waals surface area contributed by atoms with Crippen LogP contribution in [0.5, 0.6) is 0 Å². The second-order valence-electron chi connectivity index (χ2n) is 10.2. The molecule has 0 saturated heterocycles. The minimum atomic E-state index is 0.919. The van der Waals surface area contributed by atoms with E-state index < -0.39 is 0 Å². The molecule has 8 aromatic rings. The molecule has 0 radical (unpaired) electrons. The first-order chi connectivity index (χ1) is 20.8. The third-order valence-corrected chi connectivity index (χ3v) is 7.69. The van der Waals surface area contributed by atoms with Gasteiger partial charge in [-0.3, -0.25) is 14.1 Å². The number of para-hydroxylation sites is 4. The van der Waals surface area contributed by atoms with E-state index in [0.29, 0.717) is 0 Å². The molecule has 0 aliphatic carbocycles. The normalized spacial score (nSPS) is 11.3. The van der Waals surface area contributed by atoms with E-state index in [-0.39, 0.29) is 0 Å². The van der Waals surface area contributed by atoms with Crippen LogP contribution in [0.25, 0.3) is 67.2 Å². The molecule has 198 valence electrons. The SMILES string of the molecule is c1ccc(-c2nc3ccccc3n2-c2cccc(-c3ccccc3-c3ccc(-n4cnc5ccccc54)cn3)c2)cc1. The molecule has 5 aromatic carbocycles. The van der Waals surface area contributed by atoms with Crippen LogP contribution in [0.15, 0.2) is 152 Å². The highest BCUT2D eigenvalue weighted by molar-refractivity contribution is 5.86. The number of rotatable bonds is 5. The minimum absolute atomic E-state index is 0.919. The van der Waals surface area contributed by atoms with E-state index in [9.17, 15) is 0 Å². The lowest BCUT2D eigenvalue weighted by Gasteiger charge is -2.14. The van der Waals surface area contributed by atoms with Gasteiger partial charge < -0.3 is 0 Å². The first-order valence-electron chi connectivity index (χ1n) is 14.0. The quantitative estimate of drug-likeness (QED) is 0.220. The lowest BCUT2D eigenvalue weighted by molar-refractivity contribution is 1.07. The van der Waals surface area contributed by atoms with E-state index >= 15 is 0 Å². The second kappa shape index (κ2) is 9.98. The predicted octanol–water partition coefficient (Wildman–Crippen LogP) is 8.76. The maximum absolute atomic E-state index is 5.02. The highest BCUT2D eigenvalue weighted by Crippen LogP contribution is 2.35. The Kier molecular flexibility index (Phi) is 5.71. The second-order valence-corrected chi connectivity index (χ2v) is 10.2. The van der Waals surface area contributed by atoms with Crippen LogP contribution in [0.3, 0.4) is 0 Å². The number of hydrogen-bond donors (Lipinski definition) is 0. The number of nitrogens with zero attached hydrogens (tertiary/aromatic N) is 5. The Hall–Kier alpha value is -5.81. The van der Waals surface area contributed by atoms with Crippen LogP contribution in [-0.2, 0) is 0 Å². The van der Waals surface area contributed by atoms with Crippen LogP contribution in [0.2, 0.25) is 0 Å². The molecule has 0 aliphatic rings. The molecule has 0 aliphatic heterocycles. The molecular weight excluding hydrogens is 514 g/mol. The summed E-state index contributed by atoms with van der Waals surface area (Å²) in [6, 6.07) is 48.1. The van der Waals surface area contributed by atoms with Crippen LogP contribution in [0.4, 0.5) is 0 Å². The maximum atomic E-state index is 5.02. The first kappa shape index (κ1) is 24.0. The summed E-state index contributed by atoms with van der Waals surface area (Å²) in [5.41, 5.74) is 11.4. The molecule has 0 saturated carbocycles. The summed E-state index contributed by atoms with van der Waals surface area (Å²) in [5, 5.41) is 0. The zero-order chi connectivity index (χ0) is 27.9. The molecule has 3 aromatic heterocycles. The van der Waals surface area contributed by atoms with Gasteiger partial charge in [0.2, 0.25) is 0 Å². The van der Waals surface area contributed by atoms with Gasteiger partial charge in [0.1, 0.15) is 12.2 Å². The van der Waals surface area contributed by atoms with Gasteiger partial charge in [-0.25, -0.2) is 9.97 Å². The smallest absolute Gasteiger partial charge is 0.145 e. The summed E-state index contributed by atoms with van der Waals surface area (Å²) in [6.45, 7) is 0. The highest BCUT2D eigenvalue weighted by Gasteiger charge is 2.16. The van der Waals surface area contributed by atoms with Crippen molar-refractivity contribution in [1.82, 2.24) is 24.1 Å². The van der Waals surface area contributed by atoms with Crippen LogP contribution < -0.4 is 0 Å². The van der Waals surface area contributed by atoms with Crippen molar-refractivity contribution in [3.63, 3.8) is 0 Å². The highest BCUT2D eigenvalue weighted by atomic mass is 15.1. The Labute approximate surface area is 243 Å². The predicted molar refractivity (Wildman–Crippen MR) is 170 cm³/mol. The fourth-order valence-corrected chi connectivity index (χ4v) is 5.69. The first-order valence-corrected chi connectivity index (χ1v) is 14.0. The summed E-state index contributed by atoms with van der Waals surface area (Å²) in [7, 11) is 0. The van der Waals surface area contributed by atoms with Gasteiger partial charge in [-0.05, 0) is 59.7 Å². The summed E-state index contributed by atoms with van der Waals surface area (Å²) < 4.78 is 4.32. The van der Waals surface area contributed by atoms with E-state index in [1.54, 1.807) is 0 Å². The van der Waals surface area contributed by atoms with Crippen molar-refractivity contribution in [2.75, 3.05) is 0 Å². The molecule has 3 heterocycles. The van der Waals surface area contributed by atoms with Gasteiger partial charge in [0.25, 0.3) is 0 Å². The van der Waals surface area contributed by atoms with E-state index in [1.165, 1.54) is 0 Å². The van der Waals surface area contributed by atoms with Crippen molar-refractivity contribution >= 4 is 22.1 Å². The van der Waals surface area contributed by atoms with Gasteiger partial charge >= 0.3 is 0 Å². The van der Waals surface area contributed by atoms with Crippen LogP contribution in [0.1, 0.15) is 0 Å². The standard InChI is InChI=1S/C37H25N5/c1-2-11-26(12-3-1)37-40-34-18-7-9-20-36(34)42(37)28-14-10-13-27(23-28)30-15-4-5-16-31(30)32-22-21-29(24-38-32)41-25-39-33-17-6-8-19-35(33)41/h1-25H. The fraction of sp³-hybridized carbons (Fsp3) is 0. The monoisotopic (exact) mass is 539 g/mol. The summed E-state index contributed by atoms with van der Waals surface area (Å²) in [4.78, 5) is 14.5. The Morgan fingerprint density at radius 2 is 1.19 bits per heavy atom. The van der Waals surface area contributed by atoms with E-state index in [2.05, 4.69) is 123 Å². The molecule has 0 spiro atoms. The van der Waals surface area contributed by atoms with Crippen molar-refractivity contribution in [3.05, 3.63) is 152 Å². The molecule has 0 unspecified atom stereocenters. The van der Waals surface area contributed by atoms with Gasteiger partial charge in [-0.15, -0.1) is 0 Å². The van der Waals surface area contributed by atoms with Gasteiger partial charge in [0, 0.05) is 16.8 Å². The number of imidazole rings is 2. The van der Waals surface area contributed by atoms with E-state index in [0.717, 1.165) is 67.2 Å². The molecule has 0 N–H and O–H groups in total. The molecule has 42 heavy (non-hydrogen) atoms. The number of benzene rings is 5. The number of pyridine rings is 1. The lowest BCUT2D eigenvalue weighted by atomic mass is 9.97. The van der Waals surface area contributed by atoms with Crippen molar-refractivity contribution in [2.45, 2.75) is 0 Å². The number of hydrogen-bond acceptors (Lipinski definition) is 3. The molecule has 0 fully saturated rings. The van der Waals surface area contributed by atoms with Gasteiger partial charge in [0.15, 0.2) is 0 Å². The zero-order valence-corrected chi connectivity index (χ0v) is 22.7. The molecule has 5 heteroatoms. The van der Waals surface area contributed by atoms with Gasteiger partial charge in [0.05, 0.1) is 39.6 Å². The lowest BCUT2D eigenvalue weighted by Crippen LogP contribution is -1.98. The Morgan fingerprint density at radius 1 is 0.476 bits per heavy atom. The van der Waals surface area contributed by atoms with Crippen molar-refractivity contribution in [2.24, 2.45) is 0 Å². The van der Waals surface area contributed by atoms with Crippen LogP contribution in [0, 0.1) is 0 Å². The molecular formula is C37H25N5. The Morgan fingerprint density at radius 3 is 2.02 bits per heavy atom. The minimum Gasteiger partial charge on any atom is -0.297 e. The van der Waals surface area contributed by atoms with E-state index in [4.69, 9.17) is 9.97 Å². The maximum Gasteiger partial charge on any atom is 0.145 e. The van der Waals surface area contributed by atoms with E-state index in [1.807, 2.05) is 42.9 Å². The molecule has 0 bridgehead atoms.